The highest BCUT2D eigenvalue weighted by Gasteiger charge is 2.19. The lowest BCUT2D eigenvalue weighted by Gasteiger charge is -2.24. The smallest absolute Gasteiger partial charge is 0.407 e. The maximum absolute atomic E-state index is 12.2. The number of amides is 1. The summed E-state index contributed by atoms with van der Waals surface area (Å²) in [5.74, 6) is 0.535. The van der Waals surface area contributed by atoms with Crippen LogP contribution in [0.1, 0.15) is 27.2 Å². The van der Waals surface area contributed by atoms with Gasteiger partial charge in [-0.1, -0.05) is 15.9 Å². The molecule has 0 aliphatic heterocycles. The van der Waals surface area contributed by atoms with E-state index in [4.69, 9.17) is 9.47 Å². The van der Waals surface area contributed by atoms with Gasteiger partial charge in [0.05, 0.1) is 6.04 Å². The predicted octanol–water partition coefficient (Wildman–Crippen LogP) is 3.49. The number of hydrogen-bond donors (Lipinski definition) is 3. The molecule has 0 bridgehead atoms. The van der Waals surface area contributed by atoms with Crippen molar-refractivity contribution in [1.29, 1.82) is 0 Å². The molecule has 8 heteroatoms. The van der Waals surface area contributed by atoms with Gasteiger partial charge in [-0.15, -0.1) is 0 Å². The zero-order valence-corrected chi connectivity index (χ0v) is 16.4. The van der Waals surface area contributed by atoms with Crippen LogP contribution in [0.2, 0.25) is 0 Å². The third-order valence-electron chi connectivity index (χ3n) is 2.97. The lowest BCUT2D eigenvalue weighted by Crippen LogP contribution is -2.43. The van der Waals surface area contributed by atoms with Gasteiger partial charge < -0.3 is 25.2 Å². The first-order valence-electron chi connectivity index (χ1n) is 8.07. The lowest BCUT2D eigenvalue weighted by atomic mass is 10.2. The third kappa shape index (κ3) is 9.50. The van der Waals surface area contributed by atoms with Gasteiger partial charge in [-0.25, -0.2) is 9.18 Å². The monoisotopic (exact) mass is 420 g/mol. The first-order valence-corrected chi connectivity index (χ1v) is 8.86. The molecule has 3 N–H and O–H groups in total. The van der Waals surface area contributed by atoms with Crippen LogP contribution in [0.3, 0.4) is 0 Å². The van der Waals surface area contributed by atoms with Gasteiger partial charge in [0.25, 0.3) is 0 Å². The second-order valence-electron chi connectivity index (χ2n) is 6.45. The molecule has 6 nitrogen and oxygen atoms in total. The number of ether oxygens (including phenoxy) is 2. The van der Waals surface area contributed by atoms with Gasteiger partial charge in [-0.3, -0.25) is 0 Å². The van der Waals surface area contributed by atoms with Crippen molar-refractivity contribution in [3.05, 3.63) is 22.7 Å². The number of aliphatic hydroxyl groups is 1. The summed E-state index contributed by atoms with van der Waals surface area (Å²) in [5.41, 5.74) is 0.158. The Labute approximate surface area is 156 Å². The van der Waals surface area contributed by atoms with Crippen molar-refractivity contribution >= 4 is 27.7 Å². The molecule has 0 unspecified atom stereocenters. The number of hydrogen-bond acceptors (Lipinski definition) is 5. The van der Waals surface area contributed by atoms with Crippen molar-refractivity contribution in [3.8, 4) is 5.75 Å². The van der Waals surface area contributed by atoms with E-state index in [0.717, 1.165) is 10.2 Å². The maximum atomic E-state index is 12.2. The number of alkyl carbamates (subject to hydrolysis) is 1. The van der Waals surface area contributed by atoms with E-state index in [0.29, 0.717) is 18.7 Å². The summed E-state index contributed by atoms with van der Waals surface area (Å²) in [6.45, 7) is 5.10. The Morgan fingerprint density at radius 2 is 2.08 bits per heavy atom. The molecule has 1 atom stereocenters. The average Bonchev–Trinajstić information content (AvgIpc) is 2.48. The lowest BCUT2D eigenvalue weighted by molar-refractivity contribution is 0.0500. The molecule has 0 spiro atoms. The van der Waals surface area contributed by atoms with E-state index in [1.165, 1.54) is 0 Å². The van der Waals surface area contributed by atoms with Crippen LogP contribution < -0.4 is 15.4 Å². The van der Waals surface area contributed by atoms with Crippen LogP contribution in [-0.4, -0.2) is 49.3 Å². The van der Waals surface area contributed by atoms with Gasteiger partial charge in [0, 0.05) is 29.4 Å². The first-order chi connectivity index (χ1) is 11.7. The Morgan fingerprint density at radius 3 is 2.68 bits per heavy atom. The molecule has 1 aromatic carbocycles. The maximum Gasteiger partial charge on any atom is 0.407 e. The van der Waals surface area contributed by atoms with Crippen molar-refractivity contribution in [3.63, 3.8) is 0 Å². The number of benzene rings is 1. The molecule has 0 fully saturated rings. The highest BCUT2D eigenvalue weighted by molar-refractivity contribution is 9.10. The Kier molecular flexibility index (Phi) is 8.99. The van der Waals surface area contributed by atoms with E-state index < -0.39 is 18.4 Å². The van der Waals surface area contributed by atoms with Crippen LogP contribution >= 0.6 is 15.9 Å². The fraction of sp³-hybridized carbons (Fsp3) is 0.588. The molecule has 1 rings (SSSR count). The van der Waals surface area contributed by atoms with Crippen LogP contribution in [0.25, 0.3) is 0 Å². The third-order valence-corrected chi connectivity index (χ3v) is 3.43. The predicted molar refractivity (Wildman–Crippen MR) is 99.0 cm³/mol. The van der Waals surface area contributed by atoms with E-state index in [9.17, 15) is 14.3 Å². The zero-order valence-electron chi connectivity index (χ0n) is 14.8. The number of halogens is 2. The number of anilines is 1. The molecule has 0 radical (unpaired) electrons. The van der Waals surface area contributed by atoms with Crippen LogP contribution in [0.4, 0.5) is 14.9 Å². The van der Waals surface area contributed by atoms with Gasteiger partial charge in [0.2, 0.25) is 0 Å². The molecule has 0 saturated carbocycles. The fourth-order valence-electron chi connectivity index (χ4n) is 2.00. The second kappa shape index (κ2) is 10.5. The van der Waals surface area contributed by atoms with Gasteiger partial charge in [-0.2, -0.15) is 0 Å². The Hall–Kier alpha value is -1.54. The molecule has 0 saturated heterocycles. The molecular weight excluding hydrogens is 395 g/mol. The summed E-state index contributed by atoms with van der Waals surface area (Å²) in [7, 11) is 0. The molecule has 142 valence electrons. The van der Waals surface area contributed by atoms with Gasteiger partial charge in [0.1, 0.15) is 24.6 Å². The second-order valence-corrected chi connectivity index (χ2v) is 7.37. The zero-order chi connectivity index (χ0) is 18.9. The summed E-state index contributed by atoms with van der Waals surface area (Å²) < 4.78 is 23.5. The van der Waals surface area contributed by atoms with Gasteiger partial charge >= 0.3 is 6.09 Å². The van der Waals surface area contributed by atoms with Crippen molar-refractivity contribution in [2.24, 2.45) is 0 Å². The number of alkyl halides is 1. The first kappa shape index (κ1) is 21.5. The van der Waals surface area contributed by atoms with E-state index >= 15 is 0 Å². The van der Waals surface area contributed by atoms with E-state index in [2.05, 4.69) is 26.6 Å². The number of carbonyl (C=O) groups excluding carboxylic acids is 1. The average molecular weight is 421 g/mol. The molecule has 0 heterocycles. The van der Waals surface area contributed by atoms with Crippen molar-refractivity contribution < 1.29 is 23.8 Å². The minimum absolute atomic E-state index is 0.0107. The topological polar surface area (TPSA) is 79.8 Å². The summed E-state index contributed by atoms with van der Waals surface area (Å²) >= 11 is 3.37. The standard InChI is InChI=1S/C17H26BrFN2O4/c1-17(2,3)25-16(23)21-13(4-6-22)11-20-14-8-12(18)9-15(10-14)24-7-5-19/h8-10,13,20,22H,4-7,11H2,1-3H3,(H,21,23)/t13-/m0/s1. The summed E-state index contributed by atoms with van der Waals surface area (Å²) in [6.07, 6.45) is -0.153. The number of carbonyl (C=O) groups is 1. The van der Waals surface area contributed by atoms with Crippen LogP contribution in [0, 0.1) is 0 Å². The summed E-state index contributed by atoms with van der Waals surface area (Å²) in [6, 6.07) is 5.01. The van der Waals surface area contributed by atoms with Gasteiger partial charge in [0.15, 0.2) is 0 Å². The summed E-state index contributed by atoms with van der Waals surface area (Å²) in [5, 5.41) is 15.1. The molecule has 25 heavy (non-hydrogen) atoms. The Morgan fingerprint density at radius 1 is 1.36 bits per heavy atom. The highest BCUT2D eigenvalue weighted by Crippen LogP contribution is 2.25. The normalized spacial score (nSPS) is 12.4. The van der Waals surface area contributed by atoms with E-state index in [1.54, 1.807) is 32.9 Å². The molecule has 0 aliphatic rings. The van der Waals surface area contributed by atoms with Crippen LogP contribution in [-0.2, 0) is 4.74 Å². The number of nitrogens with one attached hydrogen (secondary N) is 2. The summed E-state index contributed by atoms with van der Waals surface area (Å²) in [4.78, 5) is 11.9. The molecular formula is C17H26BrFN2O4. The molecule has 0 aliphatic carbocycles. The minimum atomic E-state index is -0.589. The Bertz CT molecular complexity index is 552. The van der Waals surface area contributed by atoms with E-state index in [-0.39, 0.29) is 19.3 Å². The Balaban J connectivity index is 2.64. The van der Waals surface area contributed by atoms with E-state index in [1.807, 2.05) is 6.07 Å². The SMILES string of the molecule is CC(C)(C)OC(=O)N[C@@H](CCO)CNc1cc(Br)cc(OCCF)c1. The van der Waals surface area contributed by atoms with Gasteiger partial charge in [-0.05, 0) is 39.3 Å². The number of aliphatic hydroxyl groups excluding tert-OH is 1. The molecule has 0 aromatic heterocycles. The molecule has 1 amide bonds. The van der Waals surface area contributed by atoms with Crippen LogP contribution in [0.5, 0.6) is 5.75 Å². The minimum Gasteiger partial charge on any atom is -0.491 e. The quantitative estimate of drug-likeness (QED) is 0.569. The number of rotatable bonds is 9. The highest BCUT2D eigenvalue weighted by atomic mass is 79.9. The van der Waals surface area contributed by atoms with Crippen molar-refractivity contribution in [2.75, 3.05) is 31.7 Å². The largest absolute Gasteiger partial charge is 0.491 e. The van der Waals surface area contributed by atoms with Crippen molar-refractivity contribution in [1.82, 2.24) is 5.32 Å². The molecule has 1 aromatic rings. The van der Waals surface area contributed by atoms with Crippen molar-refractivity contribution in [2.45, 2.75) is 38.8 Å². The fourth-order valence-corrected chi connectivity index (χ4v) is 2.47. The van der Waals surface area contributed by atoms with Crippen LogP contribution in [0.15, 0.2) is 22.7 Å².